The molecule has 12 nitrogen and oxygen atoms in total. The number of hydrogen-bond acceptors (Lipinski definition) is 8. The Morgan fingerprint density at radius 3 is 1.19 bits per heavy atom. The van der Waals surface area contributed by atoms with Crippen LogP contribution in [0.15, 0.2) is 144 Å². The summed E-state index contributed by atoms with van der Waals surface area (Å²) in [5.41, 5.74) is 0.309. The van der Waals surface area contributed by atoms with E-state index in [1.54, 1.807) is 24.3 Å². The molecule has 5 rings (SSSR count). The van der Waals surface area contributed by atoms with Gasteiger partial charge in [0.25, 0.3) is 0 Å². The second-order valence-corrected chi connectivity index (χ2v) is 17.0. The lowest BCUT2D eigenvalue weighted by Gasteiger charge is -2.28. The molecule has 2 amide bonds. The van der Waals surface area contributed by atoms with Crippen LogP contribution in [0.4, 0.5) is 28.9 Å². The lowest BCUT2D eigenvalue weighted by molar-refractivity contribution is -0.120. The zero-order chi connectivity index (χ0) is 45.2. The Labute approximate surface area is 357 Å². The molecule has 0 unspecified atom stereocenters. The summed E-state index contributed by atoms with van der Waals surface area (Å²) in [6, 6.07) is 17.8. The third-order valence-electron chi connectivity index (χ3n) is 9.27. The van der Waals surface area contributed by atoms with Crippen LogP contribution in [-0.4, -0.2) is 68.0 Å². The average molecular weight is 895 g/mol. The Bertz CT molecular complexity index is 2430. The Balaban J connectivity index is 1.57. The number of halogens is 4. The predicted octanol–water partition coefficient (Wildman–Crippen LogP) is 6.48. The normalized spacial score (nSPS) is 12.5. The van der Waals surface area contributed by atoms with E-state index in [2.05, 4.69) is 22.6 Å². The molecule has 5 aromatic carbocycles. The van der Waals surface area contributed by atoms with Crippen molar-refractivity contribution in [2.45, 2.75) is 34.7 Å². The number of ether oxygens (including phenoxy) is 2. The molecule has 0 fully saturated rings. The molecule has 0 aromatic heterocycles. The maximum absolute atomic E-state index is 14.4. The maximum atomic E-state index is 14.4. The van der Waals surface area contributed by atoms with Crippen LogP contribution in [0.25, 0.3) is 0 Å². The second kappa shape index (κ2) is 20.5. The van der Waals surface area contributed by atoms with Gasteiger partial charge in [-0.2, -0.15) is 9.44 Å². The molecule has 18 heteroatoms. The number of methoxy groups -OCH3 is 2. The zero-order valence-corrected chi connectivity index (χ0v) is 35.1. The molecule has 0 aliphatic carbocycles. The van der Waals surface area contributed by atoms with Gasteiger partial charge in [-0.3, -0.25) is 9.59 Å². The topological polar surface area (TPSA) is 151 Å². The van der Waals surface area contributed by atoms with Crippen LogP contribution in [0.1, 0.15) is 11.1 Å². The van der Waals surface area contributed by atoms with Crippen LogP contribution in [0.2, 0.25) is 0 Å². The van der Waals surface area contributed by atoms with Crippen molar-refractivity contribution in [1.29, 1.82) is 0 Å². The number of carbonyl (C=O) groups excluding carboxylic acids is 2. The van der Waals surface area contributed by atoms with Gasteiger partial charge in [0, 0.05) is 36.6 Å². The summed E-state index contributed by atoms with van der Waals surface area (Å²) >= 11 is 0. The highest BCUT2D eigenvalue weighted by Crippen LogP contribution is 2.27. The number of amides is 2. The summed E-state index contributed by atoms with van der Waals surface area (Å²) in [7, 11) is -7.28. The van der Waals surface area contributed by atoms with E-state index >= 15 is 0 Å². The Morgan fingerprint density at radius 1 is 0.581 bits per heavy atom. The summed E-state index contributed by atoms with van der Waals surface area (Å²) in [5.74, 6) is -4.93. The van der Waals surface area contributed by atoms with Gasteiger partial charge in [0.1, 0.15) is 56.6 Å². The lowest BCUT2D eigenvalue weighted by atomic mass is 10.0. The molecule has 0 heterocycles. The third-order valence-corrected chi connectivity index (χ3v) is 12.5. The van der Waals surface area contributed by atoms with Crippen molar-refractivity contribution in [3.63, 3.8) is 0 Å². The number of nitrogens with zero attached hydrogens (tertiary/aromatic N) is 2. The van der Waals surface area contributed by atoms with Crippen LogP contribution >= 0.6 is 0 Å². The molecule has 0 aliphatic heterocycles. The van der Waals surface area contributed by atoms with Gasteiger partial charge in [-0.25, -0.2) is 34.4 Å². The summed E-state index contributed by atoms with van der Waals surface area (Å²) in [6.45, 7) is 7.06. The molecule has 0 spiro atoms. The summed E-state index contributed by atoms with van der Waals surface area (Å²) in [5, 5.41) is 0. The minimum atomic E-state index is -5.07. The Morgan fingerprint density at radius 2 is 0.903 bits per heavy atom. The highest BCUT2D eigenvalue weighted by atomic mass is 32.2. The molecule has 5 aromatic rings. The van der Waals surface area contributed by atoms with Gasteiger partial charge in [0.15, 0.2) is 0 Å². The molecular weight excluding hydrogens is 853 g/mol. The van der Waals surface area contributed by atoms with Gasteiger partial charge < -0.3 is 19.3 Å². The molecule has 326 valence electrons. The maximum Gasteiger partial charge on any atom is 0.245 e. The molecule has 62 heavy (non-hydrogen) atoms. The fourth-order valence-corrected chi connectivity index (χ4v) is 9.70. The number of sulfonamides is 2. The minimum Gasteiger partial charge on any atom is -0.497 e. The van der Waals surface area contributed by atoms with Gasteiger partial charge in [-0.1, -0.05) is 24.3 Å². The molecule has 0 aliphatic rings. The van der Waals surface area contributed by atoms with Crippen LogP contribution in [0, 0.1) is 23.3 Å². The van der Waals surface area contributed by atoms with E-state index in [1.165, 1.54) is 62.8 Å². The zero-order valence-electron chi connectivity index (χ0n) is 33.4. The van der Waals surface area contributed by atoms with Crippen molar-refractivity contribution in [1.82, 2.24) is 9.44 Å². The van der Waals surface area contributed by atoms with Gasteiger partial charge in [-0.05, 0) is 109 Å². The third kappa shape index (κ3) is 11.7. The lowest BCUT2D eigenvalue weighted by Crippen LogP contribution is -2.51. The number of carbonyl (C=O) groups is 2. The minimum absolute atomic E-state index is 0.115. The number of hydrogen-bond donors (Lipinski definition) is 2. The highest BCUT2D eigenvalue weighted by molar-refractivity contribution is 7.92. The molecular formula is C44H42F4N4O8S2. The van der Waals surface area contributed by atoms with E-state index in [-0.39, 0.29) is 35.6 Å². The monoisotopic (exact) mass is 894 g/mol. The molecule has 2 atom stereocenters. The SMILES string of the molecule is C=CCN(C(=O)[C@H](Cc1cc(F)cc(F)c1)NS(=O)(=O)c1ccccc1S(=O)(=O)N[C@@H](Cc1cc(F)cc(F)c1)C(=O)N(CC=C)c1ccc(OC)cc1)c1ccc(OC)cc1. The van der Waals surface area contributed by atoms with E-state index in [0.29, 0.717) is 23.6 Å². The van der Waals surface area contributed by atoms with Crippen LogP contribution in [-0.2, 0) is 42.5 Å². The van der Waals surface area contributed by atoms with Crippen molar-refractivity contribution in [2.75, 3.05) is 37.1 Å². The number of benzene rings is 5. The first-order valence-electron chi connectivity index (χ1n) is 18.6. The molecule has 2 N–H and O–H groups in total. The van der Waals surface area contributed by atoms with Gasteiger partial charge in [-0.15, -0.1) is 13.2 Å². The van der Waals surface area contributed by atoms with Gasteiger partial charge in [0.2, 0.25) is 31.9 Å². The van der Waals surface area contributed by atoms with E-state index in [0.717, 1.165) is 46.2 Å². The Hall–Kier alpha value is -6.34. The van der Waals surface area contributed by atoms with Gasteiger partial charge in [0.05, 0.1) is 14.2 Å². The van der Waals surface area contributed by atoms with E-state index < -0.39 is 89.8 Å². The van der Waals surface area contributed by atoms with Crippen LogP contribution in [0.3, 0.4) is 0 Å². The first kappa shape index (κ1) is 46.7. The number of nitrogens with one attached hydrogen (secondary N) is 2. The number of anilines is 2. The highest BCUT2D eigenvalue weighted by Gasteiger charge is 2.36. The van der Waals surface area contributed by atoms with Crippen molar-refractivity contribution in [3.05, 3.63) is 169 Å². The summed E-state index contributed by atoms with van der Waals surface area (Å²) in [6.07, 6.45) is 1.53. The fraction of sp³-hybridized carbons (Fsp3) is 0.182. The largest absolute Gasteiger partial charge is 0.497 e. The Kier molecular flexibility index (Phi) is 15.4. The van der Waals surface area contributed by atoms with Crippen molar-refractivity contribution in [2.24, 2.45) is 0 Å². The first-order valence-corrected chi connectivity index (χ1v) is 21.6. The summed E-state index contributed by atoms with van der Waals surface area (Å²) in [4.78, 5) is 29.3. The quantitative estimate of drug-likeness (QED) is 0.0667. The smallest absolute Gasteiger partial charge is 0.245 e. The van der Waals surface area contributed by atoms with Gasteiger partial charge >= 0.3 is 0 Å². The first-order chi connectivity index (χ1) is 29.5. The van der Waals surface area contributed by atoms with E-state index in [9.17, 15) is 44.0 Å². The van der Waals surface area contributed by atoms with Crippen molar-refractivity contribution < 1.29 is 53.5 Å². The molecule has 0 bridgehead atoms. The average Bonchev–Trinajstić information content (AvgIpc) is 3.23. The van der Waals surface area contributed by atoms with Crippen LogP contribution < -0.4 is 28.7 Å². The molecule has 0 saturated heterocycles. The molecule has 0 radical (unpaired) electrons. The van der Waals surface area contributed by atoms with E-state index in [1.807, 2.05) is 0 Å². The van der Waals surface area contributed by atoms with Crippen molar-refractivity contribution >= 4 is 43.2 Å². The van der Waals surface area contributed by atoms with Crippen molar-refractivity contribution in [3.8, 4) is 11.5 Å². The fourth-order valence-electron chi connectivity index (χ4n) is 6.49. The van der Waals surface area contributed by atoms with E-state index in [4.69, 9.17) is 9.47 Å². The molecule has 0 saturated carbocycles. The second-order valence-electron chi connectivity index (χ2n) is 13.6. The predicted molar refractivity (Wildman–Crippen MR) is 226 cm³/mol. The van der Waals surface area contributed by atoms with Crippen LogP contribution in [0.5, 0.6) is 11.5 Å². The summed E-state index contributed by atoms with van der Waals surface area (Å²) < 4.78 is 130. The standard InChI is InChI=1S/C44H42F4N4O8S2/c1-5-19-51(35-11-15-37(59-3)16-12-35)43(53)39(25-29-21-31(45)27-32(46)22-29)49-61(55,56)41-9-7-8-10-42(41)62(57,58)50-40(26-30-23-33(47)28-34(48)24-30)44(54)52(20-6-2)36-13-17-38(60-4)18-14-36/h5-18,21-24,27-28,39-40,49-50H,1-2,19-20,25-26H2,3-4H3/t39-,40-/m0/s1. The number of rotatable bonds is 20.